The Kier molecular flexibility index (Phi) is 6.42. The second-order valence-corrected chi connectivity index (χ2v) is 10.6. The van der Waals surface area contributed by atoms with E-state index in [0.29, 0.717) is 23.3 Å². The van der Waals surface area contributed by atoms with E-state index in [1.54, 1.807) is 21.2 Å². The van der Waals surface area contributed by atoms with Crippen LogP contribution in [-0.2, 0) is 26.1 Å². The first-order valence-electron chi connectivity index (χ1n) is 12.9. The highest BCUT2D eigenvalue weighted by atomic mass is 35.5. The quantitative estimate of drug-likeness (QED) is 0.368. The Morgan fingerprint density at radius 1 is 1.18 bits per heavy atom. The Labute approximate surface area is 231 Å². The van der Waals surface area contributed by atoms with E-state index in [-0.39, 0.29) is 6.04 Å². The fraction of sp³-hybridized carbons (Fsp3) is 0.357. The first kappa shape index (κ1) is 25.2. The molecule has 2 aliphatic heterocycles. The van der Waals surface area contributed by atoms with Gasteiger partial charge in [0.15, 0.2) is 0 Å². The molecule has 4 aromatic rings. The lowest BCUT2D eigenvalue weighted by molar-refractivity contribution is 0.172. The molecule has 11 heteroatoms. The molecule has 0 aliphatic carbocycles. The Morgan fingerprint density at radius 3 is 2.82 bits per heavy atom. The van der Waals surface area contributed by atoms with Gasteiger partial charge in [0.1, 0.15) is 11.6 Å². The maximum atomic E-state index is 12.3. The van der Waals surface area contributed by atoms with Gasteiger partial charge in [-0.3, -0.25) is 0 Å². The topological polar surface area (TPSA) is 88.9 Å². The molecule has 1 atom stereocenters. The van der Waals surface area contributed by atoms with Gasteiger partial charge in [-0.2, -0.15) is 9.97 Å². The molecule has 39 heavy (non-hydrogen) atoms. The largest absolute Gasteiger partial charge is 0.467 e. The molecule has 6 rings (SSSR count). The number of carbonyl (C=O) groups excluding carboxylic acids is 1. The van der Waals surface area contributed by atoms with Crippen LogP contribution in [0.1, 0.15) is 23.9 Å². The number of rotatable bonds is 4. The van der Waals surface area contributed by atoms with Crippen molar-refractivity contribution in [1.82, 2.24) is 24.4 Å². The van der Waals surface area contributed by atoms with Crippen molar-refractivity contribution in [2.75, 3.05) is 37.5 Å². The van der Waals surface area contributed by atoms with Crippen molar-refractivity contribution in [3.8, 4) is 11.8 Å². The standard InChI is InChI=1S/C28H30ClN7O3/c1-17-13-35-16-30-12-19(35)14-36(17)26-21-8-9-34(15-23(21)31-27(32-26)38-4)24-11-20(39-28(37)33(2)3)10-18-6-5-7-22(29)25(18)24/h5-7,10-12,16-17H,8-9,13-15H2,1-4H3. The third-order valence-corrected chi connectivity index (χ3v) is 7.71. The van der Waals surface area contributed by atoms with Gasteiger partial charge in [-0.25, -0.2) is 9.78 Å². The molecule has 0 N–H and O–H groups in total. The van der Waals surface area contributed by atoms with Gasteiger partial charge in [-0.05, 0) is 30.9 Å². The van der Waals surface area contributed by atoms with Gasteiger partial charge in [-0.1, -0.05) is 23.7 Å². The molecule has 202 valence electrons. The summed E-state index contributed by atoms with van der Waals surface area (Å²) in [6.07, 6.45) is 4.10. The van der Waals surface area contributed by atoms with Crippen LogP contribution in [0.4, 0.5) is 16.3 Å². The Hall–Kier alpha value is -4.05. The van der Waals surface area contributed by atoms with Gasteiger partial charge in [0, 0.05) is 56.4 Å². The van der Waals surface area contributed by atoms with Crippen molar-refractivity contribution in [2.24, 2.45) is 0 Å². The highest BCUT2D eigenvalue weighted by Gasteiger charge is 2.31. The normalized spacial score (nSPS) is 16.6. The number of methoxy groups -OCH3 is 1. The monoisotopic (exact) mass is 547 g/mol. The number of amides is 1. The number of benzene rings is 2. The lowest BCUT2D eigenvalue weighted by Gasteiger charge is -2.38. The number of nitrogens with zero attached hydrogens (tertiary/aromatic N) is 7. The summed E-state index contributed by atoms with van der Waals surface area (Å²) in [4.78, 5) is 32.2. The second kappa shape index (κ2) is 9.92. The molecule has 0 saturated heterocycles. The van der Waals surface area contributed by atoms with Crippen LogP contribution >= 0.6 is 11.6 Å². The lowest BCUT2D eigenvalue weighted by atomic mass is 10.0. The summed E-state index contributed by atoms with van der Waals surface area (Å²) in [5.41, 5.74) is 4.07. The molecular weight excluding hydrogens is 518 g/mol. The van der Waals surface area contributed by atoms with E-state index in [9.17, 15) is 4.79 Å². The van der Waals surface area contributed by atoms with Gasteiger partial charge in [0.05, 0.1) is 48.6 Å². The van der Waals surface area contributed by atoms with Crippen molar-refractivity contribution >= 4 is 40.0 Å². The molecule has 2 aliphatic rings. The van der Waals surface area contributed by atoms with Gasteiger partial charge >= 0.3 is 12.1 Å². The minimum atomic E-state index is -0.439. The van der Waals surface area contributed by atoms with Crippen LogP contribution in [0.25, 0.3) is 10.8 Å². The summed E-state index contributed by atoms with van der Waals surface area (Å²) in [5.74, 6) is 1.37. The number of aromatic nitrogens is 4. The van der Waals surface area contributed by atoms with Crippen LogP contribution in [0.2, 0.25) is 5.02 Å². The number of imidazole rings is 1. The van der Waals surface area contributed by atoms with E-state index in [0.717, 1.165) is 65.3 Å². The molecule has 0 saturated carbocycles. The number of hydrogen-bond acceptors (Lipinski definition) is 8. The van der Waals surface area contributed by atoms with E-state index < -0.39 is 6.09 Å². The molecule has 0 spiro atoms. The molecule has 0 bridgehead atoms. The van der Waals surface area contributed by atoms with Crippen LogP contribution in [0.5, 0.6) is 11.8 Å². The minimum Gasteiger partial charge on any atom is -0.467 e. The predicted molar refractivity (Wildman–Crippen MR) is 150 cm³/mol. The van der Waals surface area contributed by atoms with E-state index in [1.807, 2.05) is 42.9 Å². The number of ether oxygens (including phenoxy) is 2. The van der Waals surface area contributed by atoms with E-state index in [2.05, 4.69) is 26.3 Å². The SMILES string of the molecule is COc1nc2c(c(N3Cc4cncn4CC3C)n1)CCN(c1cc(OC(=O)N(C)C)cc3cccc(Cl)c13)C2. The zero-order valence-electron chi connectivity index (χ0n) is 22.4. The maximum absolute atomic E-state index is 12.3. The first-order chi connectivity index (χ1) is 18.8. The van der Waals surface area contributed by atoms with Gasteiger partial charge in [0.25, 0.3) is 0 Å². The zero-order chi connectivity index (χ0) is 27.3. The molecular formula is C28H30ClN7O3. The molecule has 1 amide bonds. The smallest absolute Gasteiger partial charge is 0.414 e. The maximum Gasteiger partial charge on any atom is 0.414 e. The molecule has 0 fully saturated rings. The molecule has 4 heterocycles. The lowest BCUT2D eigenvalue weighted by Crippen LogP contribution is -2.43. The average Bonchev–Trinajstić information content (AvgIpc) is 3.38. The van der Waals surface area contributed by atoms with Crippen LogP contribution < -0.4 is 19.3 Å². The zero-order valence-corrected chi connectivity index (χ0v) is 23.1. The van der Waals surface area contributed by atoms with Crippen LogP contribution in [0, 0.1) is 0 Å². The first-order valence-corrected chi connectivity index (χ1v) is 13.3. The van der Waals surface area contributed by atoms with Crippen molar-refractivity contribution in [2.45, 2.75) is 39.0 Å². The number of fused-ring (bicyclic) bond motifs is 3. The predicted octanol–water partition coefficient (Wildman–Crippen LogP) is 4.52. The molecule has 2 aromatic heterocycles. The summed E-state index contributed by atoms with van der Waals surface area (Å²) < 4.78 is 13.4. The number of halogens is 1. The van der Waals surface area contributed by atoms with Gasteiger partial charge < -0.3 is 28.7 Å². The van der Waals surface area contributed by atoms with Gasteiger partial charge in [-0.15, -0.1) is 0 Å². The van der Waals surface area contributed by atoms with E-state index in [1.165, 1.54) is 4.90 Å². The molecule has 10 nitrogen and oxygen atoms in total. The van der Waals surface area contributed by atoms with Crippen LogP contribution in [0.3, 0.4) is 0 Å². The fourth-order valence-corrected chi connectivity index (χ4v) is 5.68. The number of hydrogen-bond donors (Lipinski definition) is 0. The van der Waals surface area contributed by atoms with Crippen molar-refractivity contribution in [3.05, 3.63) is 64.8 Å². The highest BCUT2D eigenvalue weighted by Crippen LogP contribution is 2.40. The van der Waals surface area contributed by atoms with E-state index >= 15 is 0 Å². The Bertz CT molecular complexity index is 1570. The second-order valence-electron chi connectivity index (χ2n) is 10.2. The van der Waals surface area contributed by atoms with Gasteiger partial charge in [0.2, 0.25) is 0 Å². The number of anilines is 2. The minimum absolute atomic E-state index is 0.235. The van der Waals surface area contributed by atoms with Crippen LogP contribution in [-0.4, -0.2) is 64.3 Å². The average molecular weight is 548 g/mol. The summed E-state index contributed by atoms with van der Waals surface area (Å²) in [5, 5.41) is 2.44. The summed E-state index contributed by atoms with van der Waals surface area (Å²) in [6.45, 7) is 5.02. The van der Waals surface area contributed by atoms with Crippen molar-refractivity contribution in [3.63, 3.8) is 0 Å². The van der Waals surface area contributed by atoms with E-state index in [4.69, 9.17) is 31.0 Å². The summed E-state index contributed by atoms with van der Waals surface area (Å²) in [7, 11) is 4.91. The summed E-state index contributed by atoms with van der Waals surface area (Å²) in [6, 6.07) is 10.0. The molecule has 2 aromatic carbocycles. The Balaban J connectivity index is 1.40. The number of carbonyl (C=O) groups is 1. The van der Waals surface area contributed by atoms with Crippen molar-refractivity contribution in [1.29, 1.82) is 0 Å². The third-order valence-electron chi connectivity index (χ3n) is 7.39. The molecule has 1 unspecified atom stereocenters. The summed E-state index contributed by atoms with van der Waals surface area (Å²) >= 11 is 6.71. The van der Waals surface area contributed by atoms with Crippen molar-refractivity contribution < 1.29 is 14.3 Å². The highest BCUT2D eigenvalue weighted by molar-refractivity contribution is 6.36. The fourth-order valence-electron chi connectivity index (χ4n) is 5.40. The molecule has 0 radical (unpaired) electrons. The third kappa shape index (κ3) is 4.58. The Morgan fingerprint density at radius 2 is 2.03 bits per heavy atom. The van der Waals surface area contributed by atoms with Crippen LogP contribution in [0.15, 0.2) is 42.9 Å².